The first kappa shape index (κ1) is 12.8. The Hall–Kier alpha value is -1.22. The first-order valence-corrected chi connectivity index (χ1v) is 5.53. The van der Waals surface area contributed by atoms with Gasteiger partial charge in [-0.25, -0.2) is 8.78 Å². The predicted molar refractivity (Wildman–Crippen MR) is 57.7 cm³/mol. The molecular formula is C10H9BrF2N2O. The summed E-state index contributed by atoms with van der Waals surface area (Å²) in [6.45, 7) is 0. The van der Waals surface area contributed by atoms with E-state index in [1.807, 2.05) is 6.07 Å². The van der Waals surface area contributed by atoms with Gasteiger partial charge in [0.25, 0.3) is 6.43 Å². The van der Waals surface area contributed by atoms with Gasteiger partial charge in [0.15, 0.2) is 0 Å². The van der Waals surface area contributed by atoms with E-state index in [2.05, 4.69) is 20.9 Å². The van der Waals surface area contributed by atoms with Crippen molar-refractivity contribution < 1.29 is 13.5 Å². The van der Waals surface area contributed by atoms with Crippen LogP contribution >= 0.6 is 15.9 Å². The SMILES string of the molecule is COc1c(CBr)ncc(CC#N)c1C(F)F. The lowest BCUT2D eigenvalue weighted by atomic mass is 10.1. The summed E-state index contributed by atoms with van der Waals surface area (Å²) in [5.74, 6) is 0.0552. The van der Waals surface area contributed by atoms with Crippen LogP contribution in [0.2, 0.25) is 0 Å². The van der Waals surface area contributed by atoms with Crippen molar-refractivity contribution in [3.63, 3.8) is 0 Å². The highest BCUT2D eigenvalue weighted by molar-refractivity contribution is 9.08. The van der Waals surface area contributed by atoms with Gasteiger partial charge in [-0.3, -0.25) is 4.98 Å². The van der Waals surface area contributed by atoms with Crippen LogP contribution in [-0.4, -0.2) is 12.1 Å². The molecule has 0 aromatic carbocycles. The Balaban J connectivity index is 3.39. The van der Waals surface area contributed by atoms with Gasteiger partial charge in [-0.2, -0.15) is 5.26 Å². The number of nitrogens with zero attached hydrogens (tertiary/aromatic N) is 2. The van der Waals surface area contributed by atoms with Crippen LogP contribution in [0, 0.1) is 11.3 Å². The van der Waals surface area contributed by atoms with Crippen molar-refractivity contribution in [2.75, 3.05) is 7.11 Å². The maximum Gasteiger partial charge on any atom is 0.267 e. The largest absolute Gasteiger partial charge is 0.494 e. The molecule has 0 fully saturated rings. The zero-order valence-corrected chi connectivity index (χ0v) is 10.1. The molecule has 16 heavy (non-hydrogen) atoms. The van der Waals surface area contributed by atoms with Crippen molar-refractivity contribution in [2.24, 2.45) is 0 Å². The van der Waals surface area contributed by atoms with Crippen LogP contribution in [0.1, 0.15) is 23.2 Å². The maximum atomic E-state index is 12.9. The third-order valence-corrected chi connectivity index (χ3v) is 2.58. The predicted octanol–water partition coefficient (Wildman–Crippen LogP) is 2.99. The van der Waals surface area contributed by atoms with Gasteiger partial charge < -0.3 is 4.74 Å². The zero-order valence-electron chi connectivity index (χ0n) is 8.51. The molecule has 0 saturated heterocycles. The van der Waals surface area contributed by atoms with Crippen LogP contribution in [0.15, 0.2) is 6.20 Å². The molecule has 0 atom stereocenters. The van der Waals surface area contributed by atoms with Gasteiger partial charge in [0, 0.05) is 11.5 Å². The summed E-state index contributed by atoms with van der Waals surface area (Å²) in [6, 6.07) is 1.83. The summed E-state index contributed by atoms with van der Waals surface area (Å²) < 4.78 is 30.7. The Morgan fingerprint density at radius 2 is 2.31 bits per heavy atom. The number of alkyl halides is 3. The Kier molecular flexibility index (Phi) is 4.62. The number of ether oxygens (including phenoxy) is 1. The van der Waals surface area contributed by atoms with E-state index in [0.29, 0.717) is 11.0 Å². The minimum Gasteiger partial charge on any atom is -0.494 e. The molecule has 0 unspecified atom stereocenters. The van der Waals surface area contributed by atoms with Gasteiger partial charge in [0.2, 0.25) is 0 Å². The third kappa shape index (κ3) is 2.47. The van der Waals surface area contributed by atoms with E-state index in [1.165, 1.54) is 13.3 Å². The quantitative estimate of drug-likeness (QED) is 0.801. The highest BCUT2D eigenvalue weighted by Crippen LogP contribution is 2.34. The van der Waals surface area contributed by atoms with Crippen molar-refractivity contribution in [1.29, 1.82) is 5.26 Å². The third-order valence-electron chi connectivity index (χ3n) is 2.05. The number of nitriles is 1. The van der Waals surface area contributed by atoms with Gasteiger partial charge >= 0.3 is 0 Å². The average Bonchev–Trinajstić information content (AvgIpc) is 2.28. The Labute approximate surface area is 100 Å². The number of aromatic nitrogens is 1. The summed E-state index contributed by atoms with van der Waals surface area (Å²) >= 11 is 3.14. The summed E-state index contributed by atoms with van der Waals surface area (Å²) in [7, 11) is 1.31. The molecule has 1 aromatic rings. The number of halogens is 3. The highest BCUT2D eigenvalue weighted by atomic mass is 79.9. The zero-order chi connectivity index (χ0) is 12.1. The number of methoxy groups -OCH3 is 1. The lowest BCUT2D eigenvalue weighted by molar-refractivity contribution is 0.145. The van der Waals surface area contributed by atoms with E-state index in [4.69, 9.17) is 10.00 Å². The summed E-state index contributed by atoms with van der Waals surface area (Å²) in [6.07, 6.45) is -1.49. The van der Waals surface area contributed by atoms with E-state index in [1.54, 1.807) is 0 Å². The molecule has 0 N–H and O–H groups in total. The highest BCUT2D eigenvalue weighted by Gasteiger charge is 2.22. The molecule has 0 radical (unpaired) electrons. The summed E-state index contributed by atoms with van der Waals surface area (Å²) in [5.41, 5.74) is 0.368. The minimum atomic E-state index is -2.68. The van der Waals surface area contributed by atoms with Crippen LogP contribution in [0.25, 0.3) is 0 Å². The first-order valence-electron chi connectivity index (χ1n) is 4.41. The number of pyridine rings is 1. The number of hydrogen-bond acceptors (Lipinski definition) is 3. The van der Waals surface area contributed by atoms with Gasteiger partial charge in [0.05, 0.1) is 30.9 Å². The Morgan fingerprint density at radius 3 is 2.75 bits per heavy atom. The molecule has 0 aliphatic heterocycles. The molecule has 0 saturated carbocycles. The van der Waals surface area contributed by atoms with E-state index < -0.39 is 6.43 Å². The molecule has 0 spiro atoms. The van der Waals surface area contributed by atoms with E-state index >= 15 is 0 Å². The fourth-order valence-corrected chi connectivity index (χ4v) is 1.77. The maximum absolute atomic E-state index is 12.9. The lowest BCUT2D eigenvalue weighted by Crippen LogP contribution is -2.04. The van der Waals surface area contributed by atoms with Gasteiger partial charge in [-0.15, -0.1) is 0 Å². The van der Waals surface area contributed by atoms with Crippen LogP contribution in [0.5, 0.6) is 5.75 Å². The van der Waals surface area contributed by atoms with E-state index in [9.17, 15) is 8.78 Å². The van der Waals surface area contributed by atoms with Gasteiger partial charge in [0.1, 0.15) is 5.75 Å². The molecule has 86 valence electrons. The van der Waals surface area contributed by atoms with Crippen molar-refractivity contribution >= 4 is 15.9 Å². The van der Waals surface area contributed by atoms with Crippen molar-refractivity contribution in [3.05, 3.63) is 23.0 Å². The first-order chi connectivity index (χ1) is 7.65. The molecule has 3 nitrogen and oxygen atoms in total. The fourth-order valence-electron chi connectivity index (χ4n) is 1.37. The molecule has 0 bridgehead atoms. The van der Waals surface area contributed by atoms with Crippen molar-refractivity contribution in [3.8, 4) is 11.8 Å². The topological polar surface area (TPSA) is 45.9 Å². The van der Waals surface area contributed by atoms with Crippen LogP contribution < -0.4 is 4.74 Å². The Bertz CT molecular complexity index is 418. The Morgan fingerprint density at radius 1 is 1.62 bits per heavy atom. The fraction of sp³-hybridized carbons (Fsp3) is 0.400. The molecular weight excluding hydrogens is 282 g/mol. The summed E-state index contributed by atoms with van der Waals surface area (Å²) in [5, 5.41) is 8.87. The van der Waals surface area contributed by atoms with Crippen molar-refractivity contribution in [1.82, 2.24) is 4.98 Å². The van der Waals surface area contributed by atoms with Crippen molar-refractivity contribution in [2.45, 2.75) is 18.2 Å². The van der Waals surface area contributed by atoms with E-state index in [-0.39, 0.29) is 23.3 Å². The minimum absolute atomic E-state index is 0.0552. The number of hydrogen-bond donors (Lipinski definition) is 0. The average molecular weight is 291 g/mol. The second kappa shape index (κ2) is 5.75. The molecule has 1 aromatic heterocycles. The normalized spacial score (nSPS) is 10.2. The standard InChI is InChI=1S/C10H9BrF2N2O/c1-16-9-7(4-11)15-5-6(2-3-14)8(9)10(12)13/h5,10H,2,4H2,1H3. The second-order valence-electron chi connectivity index (χ2n) is 2.95. The smallest absolute Gasteiger partial charge is 0.267 e. The monoisotopic (exact) mass is 290 g/mol. The van der Waals surface area contributed by atoms with Gasteiger partial charge in [-0.05, 0) is 5.56 Å². The molecule has 1 heterocycles. The van der Waals surface area contributed by atoms with Gasteiger partial charge in [-0.1, -0.05) is 15.9 Å². The second-order valence-corrected chi connectivity index (χ2v) is 3.51. The van der Waals surface area contributed by atoms with Crippen LogP contribution in [0.4, 0.5) is 8.78 Å². The molecule has 0 amide bonds. The molecule has 0 aliphatic carbocycles. The lowest BCUT2D eigenvalue weighted by Gasteiger charge is -2.13. The molecule has 1 rings (SSSR count). The summed E-state index contributed by atoms with van der Waals surface area (Å²) in [4.78, 5) is 3.97. The van der Waals surface area contributed by atoms with E-state index in [0.717, 1.165) is 0 Å². The molecule has 6 heteroatoms. The van der Waals surface area contributed by atoms with Crippen LogP contribution in [-0.2, 0) is 11.8 Å². The molecule has 0 aliphatic rings. The van der Waals surface area contributed by atoms with Crippen LogP contribution in [0.3, 0.4) is 0 Å². The number of rotatable bonds is 4.